The Kier molecular flexibility index (Phi) is 6.61. The zero-order valence-corrected chi connectivity index (χ0v) is 12.9. The number of nitrogens with zero attached hydrogens (tertiary/aromatic N) is 1. The first-order chi connectivity index (χ1) is 8.45. The van der Waals surface area contributed by atoms with Gasteiger partial charge < -0.3 is 10.5 Å². The molecule has 108 valence electrons. The van der Waals surface area contributed by atoms with Crippen LogP contribution in [0.2, 0.25) is 0 Å². The van der Waals surface area contributed by atoms with Crippen molar-refractivity contribution in [2.24, 2.45) is 23.5 Å². The van der Waals surface area contributed by atoms with Crippen LogP contribution in [0.15, 0.2) is 0 Å². The van der Waals surface area contributed by atoms with Crippen LogP contribution >= 0.6 is 0 Å². The summed E-state index contributed by atoms with van der Waals surface area (Å²) < 4.78 is 5.25. The summed E-state index contributed by atoms with van der Waals surface area (Å²) in [6.07, 6.45) is 2.47. The molecule has 4 unspecified atom stereocenters. The Labute approximate surface area is 113 Å². The highest BCUT2D eigenvalue weighted by molar-refractivity contribution is 4.92. The maximum atomic E-state index is 6.43. The van der Waals surface area contributed by atoms with E-state index in [1.54, 1.807) is 7.11 Å². The molecule has 0 aromatic carbocycles. The summed E-state index contributed by atoms with van der Waals surface area (Å²) in [7, 11) is 1.78. The van der Waals surface area contributed by atoms with Crippen molar-refractivity contribution in [1.29, 1.82) is 0 Å². The van der Waals surface area contributed by atoms with Crippen LogP contribution in [0.25, 0.3) is 0 Å². The molecule has 1 rings (SSSR count). The highest BCUT2D eigenvalue weighted by atomic mass is 16.5. The van der Waals surface area contributed by atoms with Gasteiger partial charge in [0.05, 0.1) is 6.61 Å². The fourth-order valence-electron chi connectivity index (χ4n) is 3.57. The van der Waals surface area contributed by atoms with Gasteiger partial charge in [-0.25, -0.2) is 0 Å². The minimum Gasteiger partial charge on any atom is -0.383 e. The number of methoxy groups -OCH3 is 1. The van der Waals surface area contributed by atoms with Gasteiger partial charge in [0.2, 0.25) is 0 Å². The molecule has 0 amide bonds. The van der Waals surface area contributed by atoms with E-state index in [2.05, 4.69) is 32.6 Å². The van der Waals surface area contributed by atoms with E-state index in [4.69, 9.17) is 10.5 Å². The lowest BCUT2D eigenvalue weighted by Crippen LogP contribution is -2.56. The fraction of sp³-hybridized carbons (Fsp3) is 1.00. The summed E-state index contributed by atoms with van der Waals surface area (Å²) in [6, 6.07) is 0.845. The van der Waals surface area contributed by atoms with Gasteiger partial charge in [-0.2, -0.15) is 0 Å². The summed E-state index contributed by atoms with van der Waals surface area (Å²) in [5.74, 6) is 2.15. The fourth-order valence-corrected chi connectivity index (χ4v) is 3.57. The molecule has 0 aromatic heterocycles. The van der Waals surface area contributed by atoms with Crippen LogP contribution in [-0.2, 0) is 4.74 Å². The lowest BCUT2D eigenvalue weighted by molar-refractivity contribution is 0.0442. The first-order valence-electron chi connectivity index (χ1n) is 7.44. The van der Waals surface area contributed by atoms with E-state index in [-0.39, 0.29) is 0 Å². The van der Waals surface area contributed by atoms with Crippen molar-refractivity contribution in [3.63, 3.8) is 0 Å². The van der Waals surface area contributed by atoms with Crippen LogP contribution in [0.4, 0.5) is 0 Å². The molecule has 2 N–H and O–H groups in total. The van der Waals surface area contributed by atoms with Crippen LogP contribution in [0.5, 0.6) is 0 Å². The van der Waals surface area contributed by atoms with Crippen LogP contribution in [0.3, 0.4) is 0 Å². The second-order valence-corrected chi connectivity index (χ2v) is 6.59. The quantitative estimate of drug-likeness (QED) is 0.793. The van der Waals surface area contributed by atoms with Crippen LogP contribution in [0, 0.1) is 17.8 Å². The van der Waals surface area contributed by atoms with Crippen molar-refractivity contribution in [2.45, 2.75) is 52.6 Å². The van der Waals surface area contributed by atoms with Crippen molar-refractivity contribution in [3.05, 3.63) is 0 Å². The van der Waals surface area contributed by atoms with Gasteiger partial charge in [-0.05, 0) is 30.6 Å². The highest BCUT2D eigenvalue weighted by Crippen LogP contribution is 2.31. The van der Waals surface area contributed by atoms with Gasteiger partial charge in [0.1, 0.15) is 0 Å². The van der Waals surface area contributed by atoms with Crippen LogP contribution < -0.4 is 5.73 Å². The first-order valence-corrected chi connectivity index (χ1v) is 7.44. The molecular formula is C15H32N2O. The predicted molar refractivity (Wildman–Crippen MR) is 77.6 cm³/mol. The maximum absolute atomic E-state index is 6.43. The van der Waals surface area contributed by atoms with Gasteiger partial charge in [-0.15, -0.1) is 0 Å². The summed E-state index contributed by atoms with van der Waals surface area (Å²) >= 11 is 0. The second-order valence-electron chi connectivity index (χ2n) is 6.59. The Morgan fingerprint density at radius 3 is 2.44 bits per heavy atom. The normalized spacial score (nSPS) is 33.3. The molecule has 0 spiro atoms. The minimum absolute atomic E-state index is 0.319. The molecule has 18 heavy (non-hydrogen) atoms. The molecule has 0 radical (unpaired) electrons. The van der Waals surface area contributed by atoms with Crippen LogP contribution in [0.1, 0.15) is 40.5 Å². The SMILES string of the molecule is COCCN(CC(C)C)C1C(C)CC(C)CC1N. The predicted octanol–water partition coefficient (Wildman–Crippen LogP) is 2.35. The molecule has 0 heterocycles. The Balaban J connectivity index is 2.68. The summed E-state index contributed by atoms with van der Waals surface area (Å²) in [5, 5.41) is 0. The summed E-state index contributed by atoms with van der Waals surface area (Å²) in [4.78, 5) is 2.56. The van der Waals surface area contributed by atoms with Crippen molar-refractivity contribution < 1.29 is 4.74 Å². The number of hydrogen-bond acceptors (Lipinski definition) is 3. The molecule has 3 nitrogen and oxygen atoms in total. The molecule has 0 bridgehead atoms. The average Bonchev–Trinajstić information content (AvgIpc) is 2.23. The van der Waals surface area contributed by atoms with Gasteiger partial charge in [0.15, 0.2) is 0 Å². The van der Waals surface area contributed by atoms with E-state index in [1.165, 1.54) is 6.42 Å². The standard InChI is InChI=1S/C15H32N2O/c1-11(2)10-17(6-7-18-5)15-13(4)8-12(3)9-14(15)16/h11-15H,6-10,16H2,1-5H3. The molecular weight excluding hydrogens is 224 g/mol. The van der Waals surface area contributed by atoms with Crippen molar-refractivity contribution >= 4 is 0 Å². The zero-order valence-electron chi connectivity index (χ0n) is 12.9. The Morgan fingerprint density at radius 1 is 1.28 bits per heavy atom. The van der Waals surface area contributed by atoms with E-state index in [0.717, 1.165) is 32.0 Å². The van der Waals surface area contributed by atoms with E-state index in [1.807, 2.05) is 0 Å². The van der Waals surface area contributed by atoms with Gasteiger partial charge in [0, 0.05) is 32.3 Å². The third kappa shape index (κ3) is 4.52. The van der Waals surface area contributed by atoms with Crippen LogP contribution in [-0.4, -0.2) is 43.8 Å². The highest BCUT2D eigenvalue weighted by Gasteiger charge is 2.35. The monoisotopic (exact) mass is 256 g/mol. The minimum atomic E-state index is 0.319. The van der Waals surface area contributed by atoms with E-state index in [0.29, 0.717) is 23.9 Å². The molecule has 0 saturated heterocycles. The third-order valence-electron chi connectivity index (χ3n) is 4.07. The van der Waals surface area contributed by atoms with Gasteiger partial charge in [-0.1, -0.05) is 27.7 Å². The van der Waals surface area contributed by atoms with Crippen molar-refractivity contribution in [2.75, 3.05) is 26.8 Å². The van der Waals surface area contributed by atoms with Gasteiger partial charge >= 0.3 is 0 Å². The lowest BCUT2D eigenvalue weighted by Gasteiger charge is -2.45. The molecule has 4 atom stereocenters. The molecule has 1 aliphatic rings. The van der Waals surface area contributed by atoms with E-state index < -0.39 is 0 Å². The molecule has 0 aliphatic heterocycles. The molecule has 1 saturated carbocycles. The second kappa shape index (κ2) is 7.46. The number of hydrogen-bond donors (Lipinski definition) is 1. The van der Waals surface area contributed by atoms with Gasteiger partial charge in [-0.3, -0.25) is 4.90 Å². The Bertz CT molecular complexity index is 221. The molecule has 1 aliphatic carbocycles. The van der Waals surface area contributed by atoms with Gasteiger partial charge in [0.25, 0.3) is 0 Å². The molecule has 0 aromatic rings. The largest absolute Gasteiger partial charge is 0.383 e. The van der Waals surface area contributed by atoms with Crippen molar-refractivity contribution in [3.8, 4) is 0 Å². The Morgan fingerprint density at radius 2 is 1.94 bits per heavy atom. The smallest absolute Gasteiger partial charge is 0.0589 e. The maximum Gasteiger partial charge on any atom is 0.0589 e. The number of nitrogens with two attached hydrogens (primary N) is 1. The number of ether oxygens (including phenoxy) is 1. The summed E-state index contributed by atoms with van der Waals surface area (Å²) in [5.41, 5.74) is 6.43. The summed E-state index contributed by atoms with van der Waals surface area (Å²) in [6.45, 7) is 12.2. The molecule has 1 fully saturated rings. The first kappa shape index (κ1) is 15.9. The molecule has 3 heteroatoms. The average molecular weight is 256 g/mol. The topological polar surface area (TPSA) is 38.5 Å². The lowest BCUT2D eigenvalue weighted by atomic mass is 9.76. The van der Waals surface area contributed by atoms with Crippen molar-refractivity contribution in [1.82, 2.24) is 4.90 Å². The third-order valence-corrected chi connectivity index (χ3v) is 4.07. The van der Waals surface area contributed by atoms with E-state index >= 15 is 0 Å². The zero-order chi connectivity index (χ0) is 13.7. The van der Waals surface area contributed by atoms with E-state index in [9.17, 15) is 0 Å². The Hall–Kier alpha value is -0.120. The number of rotatable bonds is 6.